The lowest BCUT2D eigenvalue weighted by Crippen LogP contribution is -2.24. The molecule has 0 atom stereocenters. The highest BCUT2D eigenvalue weighted by atomic mass is 19.2. The van der Waals surface area contributed by atoms with Crippen molar-refractivity contribution < 1.29 is 18.3 Å². The third-order valence-corrected chi connectivity index (χ3v) is 2.34. The number of carbonyl (C=O) groups excluding carboxylic acids is 1. The number of ether oxygens (including phenoxy) is 1. The lowest BCUT2D eigenvalue weighted by atomic mass is 10.2. The van der Waals surface area contributed by atoms with Crippen LogP contribution in [0.2, 0.25) is 0 Å². The molecular formula is C13H17F2NO2. The van der Waals surface area contributed by atoms with E-state index in [2.05, 4.69) is 5.32 Å². The van der Waals surface area contributed by atoms with Gasteiger partial charge in [0.25, 0.3) is 0 Å². The van der Waals surface area contributed by atoms with Gasteiger partial charge in [-0.3, -0.25) is 4.79 Å². The van der Waals surface area contributed by atoms with E-state index in [1.165, 1.54) is 6.07 Å². The molecule has 1 rings (SSSR count). The Morgan fingerprint density at radius 3 is 2.78 bits per heavy atom. The molecule has 100 valence electrons. The molecular weight excluding hydrogens is 240 g/mol. The summed E-state index contributed by atoms with van der Waals surface area (Å²) in [7, 11) is 0. The van der Waals surface area contributed by atoms with E-state index >= 15 is 0 Å². The van der Waals surface area contributed by atoms with Gasteiger partial charge in [-0.05, 0) is 24.1 Å². The summed E-state index contributed by atoms with van der Waals surface area (Å²) < 4.78 is 30.5. The number of unbranched alkanes of at least 4 members (excludes halogenated alkanes) is 1. The Labute approximate surface area is 105 Å². The fraction of sp³-hybridized carbons (Fsp3) is 0.462. The zero-order valence-electron chi connectivity index (χ0n) is 10.3. The maximum absolute atomic E-state index is 12.9. The molecule has 0 heterocycles. The fourth-order valence-electron chi connectivity index (χ4n) is 1.34. The van der Waals surface area contributed by atoms with Crippen molar-refractivity contribution in [3.8, 4) is 0 Å². The average molecular weight is 257 g/mol. The van der Waals surface area contributed by atoms with Gasteiger partial charge in [-0.15, -0.1) is 0 Å². The van der Waals surface area contributed by atoms with Gasteiger partial charge in [-0.25, -0.2) is 8.78 Å². The molecule has 0 saturated carbocycles. The summed E-state index contributed by atoms with van der Waals surface area (Å²) in [5.74, 6) is -2.11. The molecule has 1 aromatic rings. The number of hydrogen-bond acceptors (Lipinski definition) is 3. The van der Waals surface area contributed by atoms with E-state index in [0.29, 0.717) is 18.7 Å². The first-order chi connectivity index (χ1) is 8.63. The van der Waals surface area contributed by atoms with Crippen molar-refractivity contribution in [3.63, 3.8) is 0 Å². The highest BCUT2D eigenvalue weighted by molar-refractivity contribution is 5.71. The van der Waals surface area contributed by atoms with Gasteiger partial charge < -0.3 is 10.1 Å². The molecule has 0 aliphatic heterocycles. The Morgan fingerprint density at radius 1 is 1.33 bits per heavy atom. The highest BCUT2D eigenvalue weighted by Gasteiger charge is 2.04. The normalized spacial score (nSPS) is 10.4. The van der Waals surface area contributed by atoms with Crippen LogP contribution >= 0.6 is 0 Å². The second-order valence-electron chi connectivity index (χ2n) is 3.93. The van der Waals surface area contributed by atoms with E-state index in [1.54, 1.807) is 0 Å². The number of benzene rings is 1. The van der Waals surface area contributed by atoms with Crippen LogP contribution < -0.4 is 5.32 Å². The van der Waals surface area contributed by atoms with E-state index in [1.807, 2.05) is 6.92 Å². The molecule has 0 unspecified atom stereocenters. The van der Waals surface area contributed by atoms with Gasteiger partial charge in [-0.2, -0.15) is 0 Å². The summed E-state index contributed by atoms with van der Waals surface area (Å²) in [5.41, 5.74) is 0.579. The summed E-state index contributed by atoms with van der Waals surface area (Å²) in [6.45, 7) is 2.78. The van der Waals surface area contributed by atoms with E-state index in [9.17, 15) is 13.6 Å². The van der Waals surface area contributed by atoms with Crippen molar-refractivity contribution in [3.05, 3.63) is 35.4 Å². The molecule has 0 bridgehead atoms. The van der Waals surface area contributed by atoms with Crippen LogP contribution in [0.25, 0.3) is 0 Å². The smallest absolute Gasteiger partial charge is 0.319 e. The molecule has 0 aliphatic rings. The Morgan fingerprint density at radius 2 is 2.11 bits per heavy atom. The molecule has 5 heteroatoms. The van der Waals surface area contributed by atoms with Crippen LogP contribution in [0, 0.1) is 11.6 Å². The maximum atomic E-state index is 12.9. The second kappa shape index (κ2) is 7.76. The van der Waals surface area contributed by atoms with Gasteiger partial charge >= 0.3 is 5.97 Å². The van der Waals surface area contributed by atoms with Crippen molar-refractivity contribution in [2.24, 2.45) is 0 Å². The number of halogens is 2. The molecule has 1 aromatic carbocycles. The first kappa shape index (κ1) is 14.6. The minimum Gasteiger partial charge on any atom is -0.465 e. The Bertz CT molecular complexity index is 397. The SMILES string of the molecule is CCCCOC(=O)CNCc1ccc(F)c(F)c1. The molecule has 0 spiro atoms. The monoisotopic (exact) mass is 257 g/mol. The zero-order chi connectivity index (χ0) is 13.4. The third kappa shape index (κ3) is 5.23. The van der Waals surface area contributed by atoms with E-state index in [0.717, 1.165) is 25.0 Å². The molecule has 0 amide bonds. The highest BCUT2D eigenvalue weighted by Crippen LogP contribution is 2.08. The van der Waals surface area contributed by atoms with Crippen molar-refractivity contribution in [2.75, 3.05) is 13.2 Å². The number of hydrogen-bond donors (Lipinski definition) is 1. The van der Waals surface area contributed by atoms with Gasteiger partial charge in [0.2, 0.25) is 0 Å². The molecule has 0 aromatic heterocycles. The van der Waals surface area contributed by atoms with Crippen molar-refractivity contribution in [1.29, 1.82) is 0 Å². The topological polar surface area (TPSA) is 38.3 Å². The average Bonchev–Trinajstić information content (AvgIpc) is 2.34. The number of esters is 1. The van der Waals surface area contributed by atoms with Crippen molar-refractivity contribution in [1.82, 2.24) is 5.32 Å². The Kier molecular flexibility index (Phi) is 6.28. The van der Waals surface area contributed by atoms with Gasteiger partial charge in [0, 0.05) is 6.54 Å². The zero-order valence-corrected chi connectivity index (χ0v) is 10.3. The standard InChI is InChI=1S/C13H17F2NO2/c1-2-3-6-18-13(17)9-16-8-10-4-5-11(14)12(15)7-10/h4-5,7,16H,2-3,6,8-9H2,1H3. The van der Waals surface area contributed by atoms with Gasteiger partial charge in [-0.1, -0.05) is 19.4 Å². The third-order valence-electron chi connectivity index (χ3n) is 2.34. The van der Waals surface area contributed by atoms with Gasteiger partial charge in [0.05, 0.1) is 13.2 Å². The minimum atomic E-state index is -0.889. The molecule has 18 heavy (non-hydrogen) atoms. The molecule has 3 nitrogen and oxygen atoms in total. The lowest BCUT2D eigenvalue weighted by Gasteiger charge is -2.06. The minimum absolute atomic E-state index is 0.0582. The molecule has 1 N–H and O–H groups in total. The number of rotatable bonds is 7. The van der Waals surface area contributed by atoms with Crippen LogP contribution in [-0.4, -0.2) is 19.1 Å². The van der Waals surface area contributed by atoms with E-state index < -0.39 is 11.6 Å². The number of carbonyl (C=O) groups is 1. The maximum Gasteiger partial charge on any atom is 0.319 e. The summed E-state index contributed by atoms with van der Waals surface area (Å²) in [4.78, 5) is 11.2. The summed E-state index contributed by atoms with van der Waals surface area (Å²) in [6.07, 6.45) is 1.81. The molecule has 0 aliphatic carbocycles. The Hall–Kier alpha value is -1.49. The first-order valence-electron chi connectivity index (χ1n) is 5.93. The van der Waals surface area contributed by atoms with E-state index in [4.69, 9.17) is 4.74 Å². The summed E-state index contributed by atoms with van der Waals surface area (Å²) in [6, 6.07) is 3.63. The summed E-state index contributed by atoms with van der Waals surface area (Å²) >= 11 is 0. The van der Waals surface area contributed by atoms with Crippen LogP contribution in [-0.2, 0) is 16.1 Å². The molecule has 0 fully saturated rings. The number of nitrogens with one attached hydrogen (secondary N) is 1. The van der Waals surface area contributed by atoms with Crippen LogP contribution in [0.4, 0.5) is 8.78 Å². The van der Waals surface area contributed by atoms with Crippen LogP contribution in [0.15, 0.2) is 18.2 Å². The fourth-order valence-corrected chi connectivity index (χ4v) is 1.34. The van der Waals surface area contributed by atoms with Gasteiger partial charge in [0.1, 0.15) is 0 Å². The van der Waals surface area contributed by atoms with Crippen LogP contribution in [0.5, 0.6) is 0 Å². The Balaban J connectivity index is 2.24. The van der Waals surface area contributed by atoms with Crippen LogP contribution in [0.1, 0.15) is 25.3 Å². The quantitative estimate of drug-likeness (QED) is 0.602. The molecule has 0 saturated heterocycles. The van der Waals surface area contributed by atoms with Crippen molar-refractivity contribution >= 4 is 5.97 Å². The first-order valence-corrected chi connectivity index (χ1v) is 5.93. The predicted octanol–water partition coefficient (Wildman–Crippen LogP) is 2.40. The van der Waals surface area contributed by atoms with E-state index in [-0.39, 0.29) is 12.5 Å². The van der Waals surface area contributed by atoms with Crippen molar-refractivity contribution in [2.45, 2.75) is 26.3 Å². The summed E-state index contributed by atoms with van der Waals surface area (Å²) in [5, 5.41) is 2.81. The second-order valence-corrected chi connectivity index (χ2v) is 3.93. The predicted molar refractivity (Wildman–Crippen MR) is 63.9 cm³/mol. The molecule has 0 radical (unpaired) electrons. The van der Waals surface area contributed by atoms with Gasteiger partial charge in [0.15, 0.2) is 11.6 Å². The largest absolute Gasteiger partial charge is 0.465 e. The van der Waals surface area contributed by atoms with Crippen LogP contribution in [0.3, 0.4) is 0 Å². The lowest BCUT2D eigenvalue weighted by molar-refractivity contribution is -0.142.